The Morgan fingerprint density at radius 1 is 1.19 bits per heavy atom. The summed E-state index contributed by atoms with van der Waals surface area (Å²) < 4.78 is 12.0. The lowest BCUT2D eigenvalue weighted by atomic mass is 9.93. The predicted molar refractivity (Wildman–Crippen MR) is 105 cm³/mol. The second-order valence-corrected chi connectivity index (χ2v) is 7.82. The highest BCUT2D eigenvalue weighted by molar-refractivity contribution is 9.10. The highest BCUT2D eigenvalue weighted by Gasteiger charge is 2.42. The Morgan fingerprint density at radius 2 is 1.96 bits per heavy atom. The van der Waals surface area contributed by atoms with E-state index >= 15 is 0 Å². The maximum Gasteiger partial charge on any atom is 0.414 e. The normalized spacial score (nSPS) is 19.0. The first-order valence-corrected chi connectivity index (χ1v) is 9.83. The van der Waals surface area contributed by atoms with E-state index in [4.69, 9.17) is 9.47 Å². The molecule has 2 aromatic rings. The molecule has 1 heterocycles. The predicted octanol–water partition coefficient (Wildman–Crippen LogP) is 5.33. The minimum Gasteiger partial charge on any atom is -0.495 e. The molecular formula is C21H22BrNO3. The second kappa shape index (κ2) is 7.31. The van der Waals surface area contributed by atoms with Gasteiger partial charge in [-0.05, 0) is 64.7 Å². The van der Waals surface area contributed by atoms with Crippen molar-refractivity contribution in [1.29, 1.82) is 0 Å². The van der Waals surface area contributed by atoms with Crippen molar-refractivity contribution in [2.75, 3.05) is 12.0 Å². The second-order valence-electron chi connectivity index (χ2n) is 6.97. The molecule has 4 rings (SSSR count). The lowest BCUT2D eigenvalue weighted by Gasteiger charge is -2.37. The molecule has 136 valence electrons. The van der Waals surface area contributed by atoms with E-state index in [1.165, 1.54) is 12.8 Å². The summed E-state index contributed by atoms with van der Waals surface area (Å²) in [7, 11) is 1.64. The molecule has 1 aliphatic heterocycles. The number of nitrogens with zero attached hydrogens (tertiary/aromatic N) is 1. The van der Waals surface area contributed by atoms with Gasteiger partial charge in [0, 0.05) is 12.1 Å². The maximum absolute atomic E-state index is 13.0. The molecule has 0 saturated heterocycles. The number of benzene rings is 2. The minimum atomic E-state index is -0.268. The number of hydrogen-bond acceptors (Lipinski definition) is 3. The summed E-state index contributed by atoms with van der Waals surface area (Å²) in [5.74, 6) is 1.32. The summed E-state index contributed by atoms with van der Waals surface area (Å²) in [6, 6.07) is 14.0. The van der Waals surface area contributed by atoms with Crippen LogP contribution in [0.25, 0.3) is 0 Å². The third-order valence-electron chi connectivity index (χ3n) is 5.22. The largest absolute Gasteiger partial charge is 0.495 e. The number of ether oxygens (including phenoxy) is 2. The Morgan fingerprint density at radius 3 is 2.65 bits per heavy atom. The molecule has 4 nitrogen and oxygen atoms in total. The standard InChI is InChI=1S/C21H22BrNO3/c1-25-20-12-19-16(11-17(20)22)9-10-18(15-7-8-15)23(19)21(24)26-13-14-5-3-2-4-6-14/h2-6,11-12,15,18H,7-10,13H2,1H3. The number of amides is 1. The molecule has 0 N–H and O–H groups in total. The van der Waals surface area contributed by atoms with E-state index in [-0.39, 0.29) is 18.7 Å². The lowest BCUT2D eigenvalue weighted by molar-refractivity contribution is 0.142. The van der Waals surface area contributed by atoms with Crippen LogP contribution < -0.4 is 9.64 Å². The molecule has 1 amide bonds. The number of rotatable bonds is 4. The molecule has 1 fully saturated rings. The number of anilines is 1. The Bertz CT molecular complexity index is 804. The van der Waals surface area contributed by atoms with Gasteiger partial charge in [-0.15, -0.1) is 0 Å². The summed E-state index contributed by atoms with van der Waals surface area (Å²) in [6.07, 6.45) is 4.07. The van der Waals surface area contributed by atoms with Gasteiger partial charge in [-0.1, -0.05) is 30.3 Å². The van der Waals surface area contributed by atoms with Gasteiger partial charge in [-0.3, -0.25) is 4.90 Å². The van der Waals surface area contributed by atoms with Crippen LogP contribution in [0.5, 0.6) is 5.75 Å². The molecule has 0 aromatic heterocycles. The zero-order valence-electron chi connectivity index (χ0n) is 14.8. The van der Waals surface area contributed by atoms with Gasteiger partial charge in [0.25, 0.3) is 0 Å². The first-order valence-electron chi connectivity index (χ1n) is 9.03. The topological polar surface area (TPSA) is 38.8 Å². The first kappa shape index (κ1) is 17.4. The smallest absolute Gasteiger partial charge is 0.414 e. The van der Waals surface area contributed by atoms with Crippen molar-refractivity contribution in [2.45, 2.75) is 38.3 Å². The number of fused-ring (bicyclic) bond motifs is 1. The van der Waals surface area contributed by atoms with Crippen LogP contribution in [0.3, 0.4) is 0 Å². The zero-order chi connectivity index (χ0) is 18.1. The number of carbonyl (C=O) groups excluding carboxylic acids is 1. The summed E-state index contributed by atoms with van der Waals surface area (Å²) >= 11 is 3.55. The lowest BCUT2D eigenvalue weighted by Crippen LogP contribution is -2.45. The van der Waals surface area contributed by atoms with E-state index in [1.54, 1.807) is 7.11 Å². The summed E-state index contributed by atoms with van der Waals surface area (Å²) in [5.41, 5.74) is 3.08. The van der Waals surface area contributed by atoms with Crippen molar-refractivity contribution in [1.82, 2.24) is 0 Å². The third-order valence-corrected chi connectivity index (χ3v) is 5.84. The van der Waals surface area contributed by atoms with Gasteiger partial charge in [0.15, 0.2) is 0 Å². The van der Waals surface area contributed by atoms with Crippen LogP contribution in [0.2, 0.25) is 0 Å². The van der Waals surface area contributed by atoms with Crippen LogP contribution in [-0.2, 0) is 17.8 Å². The van der Waals surface area contributed by atoms with Crippen molar-refractivity contribution in [3.8, 4) is 5.75 Å². The van der Waals surface area contributed by atoms with E-state index in [0.717, 1.165) is 39.9 Å². The molecule has 1 saturated carbocycles. The van der Waals surface area contributed by atoms with Gasteiger partial charge < -0.3 is 9.47 Å². The SMILES string of the molecule is COc1cc2c(cc1Br)CCC(C1CC1)N2C(=O)OCc1ccccc1. The van der Waals surface area contributed by atoms with E-state index < -0.39 is 0 Å². The molecule has 1 aliphatic carbocycles. The van der Waals surface area contributed by atoms with Crippen molar-refractivity contribution in [3.05, 3.63) is 58.1 Å². The maximum atomic E-state index is 13.0. The quantitative estimate of drug-likeness (QED) is 0.677. The fraction of sp³-hybridized carbons (Fsp3) is 0.381. The van der Waals surface area contributed by atoms with E-state index in [9.17, 15) is 4.79 Å². The van der Waals surface area contributed by atoms with Gasteiger partial charge in [-0.25, -0.2) is 4.79 Å². The average molecular weight is 416 g/mol. The van der Waals surface area contributed by atoms with Crippen LogP contribution in [0, 0.1) is 5.92 Å². The molecule has 0 spiro atoms. The number of carbonyl (C=O) groups is 1. The van der Waals surface area contributed by atoms with Crippen molar-refractivity contribution in [3.63, 3.8) is 0 Å². The number of hydrogen-bond donors (Lipinski definition) is 0. The van der Waals surface area contributed by atoms with Crippen LogP contribution in [0.15, 0.2) is 46.9 Å². The van der Waals surface area contributed by atoms with E-state index in [0.29, 0.717) is 5.92 Å². The Kier molecular flexibility index (Phi) is 4.90. The zero-order valence-corrected chi connectivity index (χ0v) is 16.4. The van der Waals surface area contributed by atoms with Crippen molar-refractivity contribution >= 4 is 27.7 Å². The molecular weight excluding hydrogens is 394 g/mol. The number of aryl methyl sites for hydroxylation is 1. The fourth-order valence-electron chi connectivity index (χ4n) is 3.73. The highest BCUT2D eigenvalue weighted by Crippen LogP contribution is 2.45. The van der Waals surface area contributed by atoms with Gasteiger partial charge >= 0.3 is 6.09 Å². The molecule has 5 heteroatoms. The molecule has 1 atom stereocenters. The molecule has 0 bridgehead atoms. The van der Waals surface area contributed by atoms with Gasteiger partial charge in [-0.2, -0.15) is 0 Å². The monoisotopic (exact) mass is 415 g/mol. The summed E-state index contributed by atoms with van der Waals surface area (Å²) in [6.45, 7) is 0.288. The molecule has 26 heavy (non-hydrogen) atoms. The van der Waals surface area contributed by atoms with Crippen LogP contribution >= 0.6 is 15.9 Å². The third kappa shape index (κ3) is 3.45. The van der Waals surface area contributed by atoms with Gasteiger partial charge in [0.2, 0.25) is 0 Å². The van der Waals surface area contributed by atoms with E-state index in [1.807, 2.05) is 41.3 Å². The Hall–Kier alpha value is -2.01. The van der Waals surface area contributed by atoms with Crippen molar-refractivity contribution < 1.29 is 14.3 Å². The number of methoxy groups -OCH3 is 1. The van der Waals surface area contributed by atoms with Crippen LogP contribution in [-0.4, -0.2) is 19.2 Å². The fourth-order valence-corrected chi connectivity index (χ4v) is 4.28. The molecule has 2 aliphatic rings. The van der Waals surface area contributed by atoms with Gasteiger partial charge in [0.1, 0.15) is 12.4 Å². The van der Waals surface area contributed by atoms with Crippen LogP contribution in [0.1, 0.15) is 30.4 Å². The number of halogens is 1. The summed E-state index contributed by atoms with van der Waals surface area (Å²) in [4.78, 5) is 14.9. The highest BCUT2D eigenvalue weighted by atomic mass is 79.9. The van der Waals surface area contributed by atoms with Crippen LogP contribution in [0.4, 0.5) is 10.5 Å². The molecule has 1 unspecified atom stereocenters. The molecule has 2 aromatic carbocycles. The first-order chi connectivity index (χ1) is 12.7. The molecule has 0 radical (unpaired) electrons. The average Bonchev–Trinajstić information content (AvgIpc) is 3.50. The minimum absolute atomic E-state index is 0.219. The Labute approximate surface area is 162 Å². The van der Waals surface area contributed by atoms with Crippen molar-refractivity contribution in [2.24, 2.45) is 5.92 Å². The van der Waals surface area contributed by atoms with Gasteiger partial charge in [0.05, 0.1) is 17.3 Å². The van der Waals surface area contributed by atoms with E-state index in [2.05, 4.69) is 22.0 Å². The summed E-state index contributed by atoms with van der Waals surface area (Å²) in [5, 5.41) is 0. The Balaban J connectivity index is 1.62.